The molecule has 0 spiro atoms. The average Bonchev–Trinajstić information content (AvgIpc) is 3.14. The Bertz CT molecular complexity index is 671. The largest absolute Gasteiger partial charge is 0.351 e. The number of carbonyl (C=O) groups excluding carboxylic acids is 2. The zero-order chi connectivity index (χ0) is 17.4. The molecule has 24 heavy (non-hydrogen) atoms. The lowest BCUT2D eigenvalue weighted by Gasteiger charge is -2.20. The van der Waals surface area contributed by atoms with Crippen LogP contribution in [0.2, 0.25) is 0 Å². The molecular formula is C18H23N3O2S. The monoisotopic (exact) mass is 345 g/mol. The number of hydrogen-bond acceptors (Lipinski definition) is 4. The first-order chi connectivity index (χ1) is 11.6. The van der Waals surface area contributed by atoms with Gasteiger partial charge in [-0.15, -0.1) is 11.3 Å². The van der Waals surface area contributed by atoms with Gasteiger partial charge in [-0.3, -0.25) is 9.59 Å². The Kier molecular flexibility index (Phi) is 6.96. The first-order valence-corrected chi connectivity index (χ1v) is 8.92. The third-order valence-electron chi connectivity index (χ3n) is 3.56. The predicted molar refractivity (Wildman–Crippen MR) is 99.0 cm³/mol. The fraction of sp³-hybridized carbons (Fsp3) is 0.333. The molecular weight excluding hydrogens is 322 g/mol. The summed E-state index contributed by atoms with van der Waals surface area (Å²) in [6, 6.07) is 10.8. The predicted octanol–water partition coefficient (Wildman–Crippen LogP) is 2.75. The van der Waals surface area contributed by atoms with Gasteiger partial charge in [-0.05, 0) is 36.5 Å². The highest BCUT2D eigenvalue weighted by Gasteiger charge is 2.19. The molecule has 0 saturated heterocycles. The molecule has 2 amide bonds. The lowest BCUT2D eigenvalue weighted by Crippen LogP contribution is -2.34. The van der Waals surface area contributed by atoms with Crippen molar-refractivity contribution in [2.75, 3.05) is 31.6 Å². The number of carbonyl (C=O) groups is 2. The van der Waals surface area contributed by atoms with Gasteiger partial charge in [-0.2, -0.15) is 0 Å². The topological polar surface area (TPSA) is 61.4 Å². The Morgan fingerprint density at radius 2 is 1.88 bits per heavy atom. The van der Waals surface area contributed by atoms with Crippen molar-refractivity contribution in [3.63, 3.8) is 0 Å². The van der Waals surface area contributed by atoms with Gasteiger partial charge in [0.2, 0.25) is 0 Å². The van der Waals surface area contributed by atoms with Crippen molar-refractivity contribution in [2.45, 2.75) is 13.3 Å². The SMILES string of the molecule is CCCNCCNC(=O)c1ccccc1N(C)C(=O)c1cccs1. The molecule has 6 heteroatoms. The lowest BCUT2D eigenvalue weighted by molar-refractivity contribution is 0.0954. The number of nitrogens with one attached hydrogen (secondary N) is 2. The van der Waals surface area contributed by atoms with Crippen molar-refractivity contribution < 1.29 is 9.59 Å². The summed E-state index contributed by atoms with van der Waals surface area (Å²) in [6.45, 7) is 4.31. The number of hydrogen-bond donors (Lipinski definition) is 2. The van der Waals surface area contributed by atoms with Crippen LogP contribution in [0.5, 0.6) is 0 Å². The number of thiophene rings is 1. The molecule has 2 N–H and O–H groups in total. The Labute approximate surface area is 146 Å². The smallest absolute Gasteiger partial charge is 0.268 e. The fourth-order valence-electron chi connectivity index (χ4n) is 2.29. The Morgan fingerprint density at radius 1 is 1.08 bits per heavy atom. The van der Waals surface area contributed by atoms with Gasteiger partial charge in [0.05, 0.1) is 16.1 Å². The van der Waals surface area contributed by atoms with Gasteiger partial charge in [0, 0.05) is 20.1 Å². The summed E-state index contributed by atoms with van der Waals surface area (Å²) in [5.41, 5.74) is 1.11. The van der Waals surface area contributed by atoms with Gasteiger partial charge >= 0.3 is 0 Å². The fourth-order valence-corrected chi connectivity index (χ4v) is 2.99. The Balaban J connectivity index is 2.06. The van der Waals surface area contributed by atoms with Crippen molar-refractivity contribution in [2.24, 2.45) is 0 Å². The molecule has 2 aromatic rings. The second-order valence-electron chi connectivity index (χ2n) is 5.36. The average molecular weight is 345 g/mol. The third kappa shape index (κ3) is 4.66. The van der Waals surface area contributed by atoms with E-state index in [1.54, 1.807) is 31.3 Å². The van der Waals surface area contributed by atoms with Crippen molar-refractivity contribution >= 4 is 28.8 Å². The molecule has 0 aliphatic heterocycles. The molecule has 128 valence electrons. The molecule has 0 saturated carbocycles. The second kappa shape index (κ2) is 9.20. The minimum atomic E-state index is -0.172. The van der Waals surface area contributed by atoms with Crippen molar-refractivity contribution in [1.29, 1.82) is 0 Å². The number of nitrogens with zero attached hydrogens (tertiary/aromatic N) is 1. The van der Waals surface area contributed by atoms with Crippen molar-refractivity contribution in [1.82, 2.24) is 10.6 Å². The standard InChI is InChI=1S/C18H23N3O2S/c1-3-10-19-11-12-20-17(22)14-7-4-5-8-15(14)21(2)18(23)16-9-6-13-24-16/h4-9,13,19H,3,10-12H2,1-2H3,(H,20,22). The first kappa shape index (κ1) is 18.2. The zero-order valence-corrected chi connectivity index (χ0v) is 14.9. The zero-order valence-electron chi connectivity index (χ0n) is 14.0. The molecule has 1 heterocycles. The van der Waals surface area contributed by atoms with Gasteiger partial charge in [-0.1, -0.05) is 25.1 Å². The summed E-state index contributed by atoms with van der Waals surface area (Å²) in [5, 5.41) is 7.99. The van der Waals surface area contributed by atoms with E-state index in [0.29, 0.717) is 22.7 Å². The van der Waals surface area contributed by atoms with E-state index in [4.69, 9.17) is 0 Å². The van der Waals surface area contributed by atoms with E-state index >= 15 is 0 Å². The molecule has 0 atom stereocenters. The summed E-state index contributed by atoms with van der Waals surface area (Å²) in [6.07, 6.45) is 1.06. The molecule has 0 aliphatic carbocycles. The quantitative estimate of drug-likeness (QED) is 0.723. The molecule has 0 aliphatic rings. The van der Waals surface area contributed by atoms with Crippen LogP contribution in [-0.2, 0) is 0 Å². The van der Waals surface area contributed by atoms with Crippen LogP contribution >= 0.6 is 11.3 Å². The van der Waals surface area contributed by atoms with Gasteiger partial charge < -0.3 is 15.5 Å². The maximum absolute atomic E-state index is 12.5. The van der Waals surface area contributed by atoms with E-state index in [-0.39, 0.29) is 11.8 Å². The summed E-state index contributed by atoms with van der Waals surface area (Å²) in [4.78, 5) is 27.1. The van der Waals surface area contributed by atoms with Gasteiger partial charge in [0.1, 0.15) is 0 Å². The number of benzene rings is 1. The highest BCUT2D eigenvalue weighted by Crippen LogP contribution is 2.22. The van der Waals surface area contributed by atoms with Gasteiger partial charge in [-0.25, -0.2) is 0 Å². The van der Waals surface area contributed by atoms with E-state index in [0.717, 1.165) is 19.5 Å². The highest BCUT2D eigenvalue weighted by atomic mass is 32.1. The van der Waals surface area contributed by atoms with Crippen LogP contribution in [0.3, 0.4) is 0 Å². The second-order valence-corrected chi connectivity index (χ2v) is 6.31. The van der Waals surface area contributed by atoms with Crippen molar-refractivity contribution in [3.05, 3.63) is 52.2 Å². The summed E-state index contributed by atoms with van der Waals surface area (Å²) in [7, 11) is 1.69. The van der Waals surface area contributed by atoms with E-state index < -0.39 is 0 Å². The van der Waals surface area contributed by atoms with E-state index in [1.807, 2.05) is 17.5 Å². The molecule has 1 aromatic carbocycles. The van der Waals surface area contributed by atoms with E-state index in [1.165, 1.54) is 16.2 Å². The summed E-state index contributed by atoms with van der Waals surface area (Å²) >= 11 is 1.39. The molecule has 2 rings (SSSR count). The van der Waals surface area contributed by atoms with Crippen LogP contribution in [0, 0.1) is 0 Å². The normalized spacial score (nSPS) is 10.4. The van der Waals surface area contributed by atoms with Crippen LogP contribution in [0.15, 0.2) is 41.8 Å². The molecule has 0 radical (unpaired) electrons. The van der Waals surface area contributed by atoms with Crippen LogP contribution in [0.25, 0.3) is 0 Å². The minimum absolute atomic E-state index is 0.116. The number of para-hydroxylation sites is 1. The molecule has 5 nitrogen and oxygen atoms in total. The summed E-state index contributed by atoms with van der Waals surface area (Å²) in [5.74, 6) is -0.287. The van der Waals surface area contributed by atoms with Gasteiger partial charge in [0.15, 0.2) is 0 Å². The first-order valence-electron chi connectivity index (χ1n) is 8.04. The van der Waals surface area contributed by atoms with Crippen molar-refractivity contribution in [3.8, 4) is 0 Å². The summed E-state index contributed by atoms with van der Waals surface area (Å²) < 4.78 is 0. The molecule has 1 aromatic heterocycles. The Hall–Kier alpha value is -2.18. The van der Waals surface area contributed by atoms with Crippen LogP contribution in [0.4, 0.5) is 5.69 Å². The van der Waals surface area contributed by atoms with Crippen LogP contribution in [-0.4, -0.2) is 38.5 Å². The number of rotatable bonds is 8. The Morgan fingerprint density at radius 3 is 2.58 bits per heavy atom. The third-order valence-corrected chi connectivity index (χ3v) is 4.42. The maximum atomic E-state index is 12.5. The van der Waals surface area contributed by atoms with Gasteiger partial charge in [0.25, 0.3) is 11.8 Å². The van der Waals surface area contributed by atoms with Crippen LogP contribution < -0.4 is 15.5 Å². The minimum Gasteiger partial charge on any atom is -0.351 e. The number of anilines is 1. The lowest BCUT2D eigenvalue weighted by atomic mass is 10.1. The van der Waals surface area contributed by atoms with E-state index in [2.05, 4.69) is 17.6 Å². The number of amides is 2. The highest BCUT2D eigenvalue weighted by molar-refractivity contribution is 7.12. The maximum Gasteiger partial charge on any atom is 0.268 e. The molecule has 0 unspecified atom stereocenters. The van der Waals surface area contributed by atoms with E-state index in [9.17, 15) is 9.59 Å². The molecule has 0 fully saturated rings. The molecule has 0 bridgehead atoms. The van der Waals surface area contributed by atoms with Crippen LogP contribution in [0.1, 0.15) is 33.4 Å².